The van der Waals surface area contributed by atoms with Crippen LogP contribution in [0.15, 0.2) is 18.2 Å². The van der Waals surface area contributed by atoms with Gasteiger partial charge in [0.25, 0.3) is 0 Å². The van der Waals surface area contributed by atoms with Crippen molar-refractivity contribution in [3.05, 3.63) is 29.3 Å². The Kier molecular flexibility index (Phi) is 3.29. The molecule has 1 saturated heterocycles. The smallest absolute Gasteiger partial charge is 0.122 e. The van der Waals surface area contributed by atoms with Crippen LogP contribution in [0.5, 0.6) is 5.75 Å². The quantitative estimate of drug-likeness (QED) is 0.742. The second kappa shape index (κ2) is 5.07. The molecule has 1 fully saturated rings. The molecule has 2 N–H and O–H groups in total. The van der Waals surface area contributed by atoms with Crippen LogP contribution < -0.4 is 15.4 Å². The Balaban J connectivity index is 1.44. The van der Waals surface area contributed by atoms with Crippen molar-refractivity contribution in [2.45, 2.75) is 12.8 Å². The summed E-state index contributed by atoms with van der Waals surface area (Å²) in [6.07, 6.45) is 2.19. The molecular formula is C14H20N2O. The monoisotopic (exact) mass is 232 g/mol. The minimum absolute atomic E-state index is 0.850. The van der Waals surface area contributed by atoms with Gasteiger partial charge in [-0.3, -0.25) is 0 Å². The lowest BCUT2D eigenvalue weighted by atomic mass is 10.0. The number of benzene rings is 1. The van der Waals surface area contributed by atoms with Crippen molar-refractivity contribution in [1.82, 2.24) is 10.6 Å². The van der Waals surface area contributed by atoms with E-state index < -0.39 is 0 Å². The zero-order chi connectivity index (χ0) is 11.5. The van der Waals surface area contributed by atoms with Gasteiger partial charge in [0.2, 0.25) is 0 Å². The summed E-state index contributed by atoms with van der Waals surface area (Å²) < 4.78 is 5.51. The molecule has 0 aliphatic carbocycles. The highest BCUT2D eigenvalue weighted by Gasteiger charge is 2.15. The fourth-order valence-corrected chi connectivity index (χ4v) is 2.43. The summed E-state index contributed by atoms with van der Waals surface area (Å²) in [6, 6.07) is 6.61. The van der Waals surface area contributed by atoms with Crippen LogP contribution >= 0.6 is 0 Å². The van der Waals surface area contributed by atoms with Gasteiger partial charge in [0, 0.05) is 26.1 Å². The van der Waals surface area contributed by atoms with E-state index in [9.17, 15) is 0 Å². The largest absolute Gasteiger partial charge is 0.493 e. The van der Waals surface area contributed by atoms with Crippen molar-refractivity contribution in [3.8, 4) is 5.75 Å². The summed E-state index contributed by atoms with van der Waals surface area (Å²) >= 11 is 0. The van der Waals surface area contributed by atoms with Crippen LogP contribution in [0.3, 0.4) is 0 Å². The van der Waals surface area contributed by atoms with Gasteiger partial charge in [-0.1, -0.05) is 12.1 Å². The Morgan fingerprint density at radius 3 is 3.12 bits per heavy atom. The summed E-state index contributed by atoms with van der Waals surface area (Å²) in [5, 5.41) is 6.83. The average molecular weight is 232 g/mol. The molecule has 3 heteroatoms. The summed E-state index contributed by atoms with van der Waals surface area (Å²) in [7, 11) is 0. The minimum atomic E-state index is 0.850. The molecule has 0 saturated carbocycles. The van der Waals surface area contributed by atoms with Crippen molar-refractivity contribution in [1.29, 1.82) is 0 Å². The Morgan fingerprint density at radius 2 is 2.29 bits per heavy atom. The third kappa shape index (κ3) is 2.61. The van der Waals surface area contributed by atoms with Crippen molar-refractivity contribution in [2.75, 3.05) is 32.8 Å². The first-order valence-electron chi connectivity index (χ1n) is 6.58. The molecule has 0 aromatic heterocycles. The van der Waals surface area contributed by atoms with Crippen LogP contribution in [0.1, 0.15) is 11.1 Å². The third-order valence-electron chi connectivity index (χ3n) is 3.64. The van der Waals surface area contributed by atoms with Gasteiger partial charge in [0.05, 0.1) is 6.61 Å². The highest BCUT2D eigenvalue weighted by molar-refractivity contribution is 5.39. The summed E-state index contributed by atoms with van der Waals surface area (Å²) in [5.74, 6) is 1.94. The number of ether oxygens (including phenoxy) is 1. The number of fused-ring (bicyclic) bond motifs is 1. The second-order valence-electron chi connectivity index (χ2n) is 5.02. The van der Waals surface area contributed by atoms with Gasteiger partial charge in [0.1, 0.15) is 5.75 Å². The normalized spacial score (nSPS) is 18.6. The SMILES string of the molecule is c1cc2c(cc1CCNCC1CNC1)CCO2. The van der Waals surface area contributed by atoms with Crippen LogP contribution in [0.2, 0.25) is 0 Å². The van der Waals surface area contributed by atoms with Gasteiger partial charge in [-0.05, 0) is 36.1 Å². The summed E-state index contributed by atoms with van der Waals surface area (Å²) in [5.41, 5.74) is 2.80. The molecule has 3 nitrogen and oxygen atoms in total. The molecular weight excluding hydrogens is 212 g/mol. The predicted molar refractivity (Wildman–Crippen MR) is 68.6 cm³/mol. The molecule has 0 spiro atoms. The maximum atomic E-state index is 5.51. The molecule has 0 bridgehead atoms. The molecule has 1 aromatic rings. The van der Waals surface area contributed by atoms with E-state index in [0.29, 0.717) is 0 Å². The Bertz CT molecular complexity index is 388. The van der Waals surface area contributed by atoms with E-state index in [1.807, 2.05) is 0 Å². The van der Waals surface area contributed by atoms with Crippen LogP contribution in [-0.4, -0.2) is 32.8 Å². The second-order valence-corrected chi connectivity index (χ2v) is 5.02. The van der Waals surface area contributed by atoms with E-state index in [1.165, 1.54) is 24.2 Å². The fraction of sp³-hybridized carbons (Fsp3) is 0.571. The summed E-state index contributed by atoms with van der Waals surface area (Å²) in [6.45, 7) is 5.45. The zero-order valence-corrected chi connectivity index (χ0v) is 10.2. The molecule has 2 aliphatic heterocycles. The maximum absolute atomic E-state index is 5.51. The van der Waals surface area contributed by atoms with Crippen LogP contribution in [0.4, 0.5) is 0 Å². The van der Waals surface area contributed by atoms with Gasteiger partial charge in [-0.2, -0.15) is 0 Å². The first-order chi connectivity index (χ1) is 8.42. The average Bonchev–Trinajstić information content (AvgIpc) is 2.73. The molecule has 0 unspecified atom stereocenters. The van der Waals surface area contributed by atoms with Crippen LogP contribution in [-0.2, 0) is 12.8 Å². The Morgan fingerprint density at radius 1 is 1.35 bits per heavy atom. The molecule has 3 rings (SSSR count). The highest BCUT2D eigenvalue weighted by atomic mass is 16.5. The zero-order valence-electron chi connectivity index (χ0n) is 10.2. The first-order valence-corrected chi connectivity index (χ1v) is 6.58. The lowest BCUT2D eigenvalue weighted by Gasteiger charge is -2.27. The third-order valence-corrected chi connectivity index (χ3v) is 3.64. The number of nitrogens with one attached hydrogen (secondary N) is 2. The lowest BCUT2D eigenvalue weighted by Crippen LogP contribution is -2.47. The molecule has 17 heavy (non-hydrogen) atoms. The maximum Gasteiger partial charge on any atom is 0.122 e. The van der Waals surface area contributed by atoms with E-state index in [0.717, 1.165) is 44.2 Å². The molecule has 0 atom stereocenters. The minimum Gasteiger partial charge on any atom is -0.493 e. The van der Waals surface area contributed by atoms with E-state index in [2.05, 4.69) is 28.8 Å². The number of rotatable bonds is 5. The van der Waals surface area contributed by atoms with Gasteiger partial charge in [-0.15, -0.1) is 0 Å². The van der Waals surface area contributed by atoms with E-state index in [-0.39, 0.29) is 0 Å². The Labute approximate surface area is 103 Å². The standard InChI is InChI=1S/C14H20N2O/c1-2-14-13(4-6-17-14)7-11(1)3-5-15-8-12-9-16-10-12/h1-2,7,12,15-16H,3-6,8-10H2. The van der Waals surface area contributed by atoms with E-state index in [1.54, 1.807) is 0 Å². The topological polar surface area (TPSA) is 33.3 Å². The fourth-order valence-electron chi connectivity index (χ4n) is 2.43. The van der Waals surface area contributed by atoms with Crippen molar-refractivity contribution >= 4 is 0 Å². The molecule has 0 amide bonds. The van der Waals surface area contributed by atoms with E-state index in [4.69, 9.17) is 4.74 Å². The van der Waals surface area contributed by atoms with Gasteiger partial charge in [0.15, 0.2) is 0 Å². The number of hydrogen-bond acceptors (Lipinski definition) is 3. The highest BCUT2D eigenvalue weighted by Crippen LogP contribution is 2.25. The first kappa shape index (κ1) is 11.1. The summed E-state index contributed by atoms with van der Waals surface area (Å²) in [4.78, 5) is 0. The van der Waals surface area contributed by atoms with Crippen LogP contribution in [0.25, 0.3) is 0 Å². The van der Waals surface area contributed by atoms with Gasteiger partial charge < -0.3 is 15.4 Å². The van der Waals surface area contributed by atoms with Crippen molar-refractivity contribution < 1.29 is 4.74 Å². The predicted octanol–water partition coefficient (Wildman–Crippen LogP) is 0.973. The van der Waals surface area contributed by atoms with Gasteiger partial charge in [-0.25, -0.2) is 0 Å². The molecule has 1 aromatic carbocycles. The van der Waals surface area contributed by atoms with Crippen LogP contribution in [0, 0.1) is 5.92 Å². The van der Waals surface area contributed by atoms with Gasteiger partial charge >= 0.3 is 0 Å². The van der Waals surface area contributed by atoms with Crippen molar-refractivity contribution in [2.24, 2.45) is 5.92 Å². The molecule has 2 aliphatic rings. The Hall–Kier alpha value is -1.06. The van der Waals surface area contributed by atoms with Crippen molar-refractivity contribution in [3.63, 3.8) is 0 Å². The number of hydrogen-bond donors (Lipinski definition) is 2. The molecule has 0 radical (unpaired) electrons. The molecule has 2 heterocycles. The van der Waals surface area contributed by atoms with E-state index >= 15 is 0 Å². The molecule has 92 valence electrons. The lowest BCUT2D eigenvalue weighted by molar-refractivity contribution is 0.333.